The zero-order valence-corrected chi connectivity index (χ0v) is 15.2. The summed E-state index contributed by atoms with van der Waals surface area (Å²) in [5.74, 6) is 0.267. The van der Waals surface area contributed by atoms with Crippen molar-refractivity contribution in [1.29, 1.82) is 0 Å². The molecule has 0 bridgehead atoms. The van der Waals surface area contributed by atoms with Crippen molar-refractivity contribution in [3.8, 4) is 11.5 Å². The molecule has 0 saturated carbocycles. The smallest absolute Gasteiger partial charge is 0.247 e. The molecule has 0 unspecified atom stereocenters. The van der Waals surface area contributed by atoms with Crippen LogP contribution in [0, 0.1) is 13.5 Å². The van der Waals surface area contributed by atoms with E-state index >= 15 is 0 Å². The quantitative estimate of drug-likeness (QED) is 0.647. The Morgan fingerprint density at radius 1 is 1.31 bits per heavy atom. The zero-order valence-electron chi connectivity index (χ0n) is 15.4. The third-order valence-electron chi connectivity index (χ3n) is 4.34. The van der Waals surface area contributed by atoms with Crippen molar-refractivity contribution in [2.75, 3.05) is 0 Å². The summed E-state index contributed by atoms with van der Waals surface area (Å²) in [6, 6.07) is 10.7. The summed E-state index contributed by atoms with van der Waals surface area (Å²) in [6.45, 7) is 10.7. The summed E-state index contributed by atoms with van der Waals surface area (Å²) in [5.41, 5.74) is 2.84. The maximum absolute atomic E-state index is 10.3. The van der Waals surface area contributed by atoms with Crippen LogP contribution in [-0.4, -0.2) is 21.4 Å². The second-order valence-corrected chi connectivity index (χ2v) is 6.46. The van der Waals surface area contributed by atoms with E-state index in [1.165, 1.54) is 0 Å². The van der Waals surface area contributed by atoms with Gasteiger partial charge in [0.05, 0.1) is 25.0 Å². The van der Waals surface area contributed by atoms with Gasteiger partial charge in [0.15, 0.2) is 0 Å². The van der Waals surface area contributed by atoms with Gasteiger partial charge in [-0.3, -0.25) is 0 Å². The lowest BCUT2D eigenvalue weighted by Crippen LogP contribution is -2.18. The molecule has 3 aromatic rings. The van der Waals surface area contributed by atoms with E-state index in [4.69, 9.17) is 24.0 Å². The largest absolute Gasteiger partial charge is 0.420 e. The maximum Gasteiger partial charge on any atom is 0.247 e. The number of halogens is 1. The summed E-state index contributed by atoms with van der Waals surface area (Å²) in [4.78, 5) is 3.40. The van der Waals surface area contributed by atoms with Gasteiger partial charge < -0.3 is 9.52 Å². The van der Waals surface area contributed by atoms with Gasteiger partial charge in [-0.1, -0.05) is 41.9 Å². The maximum atomic E-state index is 10.3. The van der Waals surface area contributed by atoms with Gasteiger partial charge in [-0.25, -0.2) is 4.85 Å². The van der Waals surface area contributed by atoms with Crippen LogP contribution in [0.15, 0.2) is 46.9 Å². The highest BCUT2D eigenvalue weighted by Crippen LogP contribution is 2.34. The highest BCUT2D eigenvalue weighted by molar-refractivity contribution is 6.34. The minimum atomic E-state index is -0.715. The lowest BCUT2D eigenvalue weighted by atomic mass is 9.92. The molecule has 3 rings (SSSR count). The first-order chi connectivity index (χ1) is 12.9. The molecule has 1 heterocycles. The van der Waals surface area contributed by atoms with E-state index < -0.39 is 12.0 Å². The van der Waals surface area contributed by atoms with Crippen molar-refractivity contribution in [2.24, 2.45) is 0 Å². The second-order valence-electron chi connectivity index (χ2n) is 6.08. The standard InChI is InChI=1S/C20H18ClN3O2/c1-12-15(9-10-17(22-3)18(12)21)11-16(13(2)25)20-24-23-19(26-20)14-7-5-4-6-8-14/h4-10,13,16,25H,11H2,1-2H3/t13-,16+/m0/s1/i4D. The molecule has 0 radical (unpaired) electrons. The molecule has 0 aliphatic rings. The summed E-state index contributed by atoms with van der Waals surface area (Å²) in [7, 11) is 0. The van der Waals surface area contributed by atoms with Gasteiger partial charge in [0.25, 0.3) is 0 Å². The van der Waals surface area contributed by atoms with Crippen molar-refractivity contribution in [3.05, 3.63) is 75.9 Å². The Hall–Kier alpha value is -2.68. The molecule has 0 aliphatic heterocycles. The molecule has 1 aromatic heterocycles. The zero-order chi connectivity index (χ0) is 19.6. The lowest BCUT2D eigenvalue weighted by Gasteiger charge is -2.18. The number of rotatable bonds is 5. The Morgan fingerprint density at radius 2 is 2.04 bits per heavy atom. The van der Waals surface area contributed by atoms with Crippen LogP contribution >= 0.6 is 11.6 Å². The van der Waals surface area contributed by atoms with Gasteiger partial charge in [0.2, 0.25) is 17.5 Å². The Labute approximate surface area is 158 Å². The van der Waals surface area contributed by atoms with E-state index in [2.05, 4.69) is 15.0 Å². The highest BCUT2D eigenvalue weighted by atomic mass is 35.5. The third kappa shape index (κ3) is 3.62. The molecule has 132 valence electrons. The first kappa shape index (κ1) is 16.8. The summed E-state index contributed by atoms with van der Waals surface area (Å²) in [6.07, 6.45) is -0.262. The van der Waals surface area contributed by atoms with Crippen molar-refractivity contribution in [3.63, 3.8) is 0 Å². The van der Waals surface area contributed by atoms with E-state index in [-0.39, 0.29) is 0 Å². The van der Waals surface area contributed by atoms with Crippen LogP contribution < -0.4 is 0 Å². The molecule has 0 saturated heterocycles. The predicted molar refractivity (Wildman–Crippen MR) is 100 cm³/mol. The summed E-state index contributed by atoms with van der Waals surface area (Å²) < 4.78 is 13.3. The van der Waals surface area contributed by atoms with Gasteiger partial charge in [0.1, 0.15) is 0 Å². The van der Waals surface area contributed by atoms with Gasteiger partial charge in [-0.2, -0.15) is 0 Å². The first-order valence-corrected chi connectivity index (χ1v) is 8.52. The van der Waals surface area contributed by atoms with E-state index in [0.29, 0.717) is 35.0 Å². The molecule has 0 amide bonds. The number of aliphatic hydroxyl groups is 1. The van der Waals surface area contributed by atoms with Crippen molar-refractivity contribution >= 4 is 17.3 Å². The van der Waals surface area contributed by atoms with Crippen molar-refractivity contribution < 1.29 is 10.9 Å². The second kappa shape index (κ2) is 7.69. The van der Waals surface area contributed by atoms with Crippen LogP contribution in [0.5, 0.6) is 0 Å². The van der Waals surface area contributed by atoms with Gasteiger partial charge >= 0.3 is 0 Å². The predicted octanol–water partition coefficient (Wildman–Crippen LogP) is 4.96. The fourth-order valence-corrected chi connectivity index (χ4v) is 2.98. The van der Waals surface area contributed by atoms with Gasteiger partial charge in [0, 0.05) is 5.56 Å². The molecule has 2 atom stereocenters. The Kier molecular flexibility index (Phi) is 4.96. The Balaban J connectivity index is 1.90. The number of hydrogen-bond acceptors (Lipinski definition) is 4. The molecular formula is C20H18ClN3O2. The summed E-state index contributed by atoms with van der Waals surface area (Å²) >= 11 is 6.26. The van der Waals surface area contributed by atoms with Crippen LogP contribution in [0.2, 0.25) is 5.02 Å². The lowest BCUT2D eigenvalue weighted by molar-refractivity contribution is 0.148. The Morgan fingerprint density at radius 3 is 2.69 bits per heavy atom. The molecule has 1 N–H and O–H groups in total. The minimum absolute atomic E-state index is 0.333. The topological polar surface area (TPSA) is 63.5 Å². The monoisotopic (exact) mass is 368 g/mol. The van der Waals surface area contributed by atoms with E-state index in [1.54, 1.807) is 37.3 Å². The van der Waals surface area contributed by atoms with Crippen molar-refractivity contribution in [2.45, 2.75) is 32.3 Å². The molecule has 2 aromatic carbocycles. The Bertz CT molecular complexity index is 993. The molecule has 0 spiro atoms. The normalized spacial score (nSPS) is 13.7. The SMILES string of the molecule is [2H]c1ccc(-c2nnc([C@H](Cc3ccc([N+]#[C-])c(Cl)c3C)[C@H](C)O)o2)cc1. The van der Waals surface area contributed by atoms with Gasteiger partial charge in [-0.05, 0) is 43.5 Å². The minimum Gasteiger partial charge on any atom is -0.420 e. The fourth-order valence-electron chi connectivity index (χ4n) is 2.75. The molecule has 6 heteroatoms. The van der Waals surface area contributed by atoms with E-state index in [9.17, 15) is 5.11 Å². The third-order valence-corrected chi connectivity index (χ3v) is 4.82. The number of hydrogen-bond donors (Lipinski definition) is 1. The van der Waals surface area contributed by atoms with Gasteiger partial charge in [-0.15, -0.1) is 10.2 Å². The average Bonchev–Trinajstić information content (AvgIpc) is 3.13. The number of benzene rings is 2. The fraction of sp³-hybridized carbons (Fsp3) is 0.250. The van der Waals surface area contributed by atoms with Crippen LogP contribution in [0.3, 0.4) is 0 Å². The highest BCUT2D eigenvalue weighted by Gasteiger charge is 2.25. The first-order valence-electron chi connectivity index (χ1n) is 8.64. The number of aromatic nitrogens is 2. The molecule has 26 heavy (non-hydrogen) atoms. The van der Waals surface area contributed by atoms with Crippen molar-refractivity contribution in [1.82, 2.24) is 10.2 Å². The van der Waals surface area contributed by atoms with E-state index in [1.807, 2.05) is 13.0 Å². The molecular weight excluding hydrogens is 350 g/mol. The van der Waals surface area contributed by atoms with Crippen LogP contribution in [0.4, 0.5) is 5.69 Å². The number of nitrogens with zero attached hydrogens (tertiary/aromatic N) is 3. The van der Waals surface area contributed by atoms with Crippen LogP contribution in [0.1, 0.15) is 31.2 Å². The average molecular weight is 369 g/mol. The van der Waals surface area contributed by atoms with Crippen LogP contribution in [-0.2, 0) is 6.42 Å². The number of aliphatic hydroxyl groups excluding tert-OH is 1. The summed E-state index contributed by atoms with van der Waals surface area (Å²) in [5, 5.41) is 18.9. The van der Waals surface area contributed by atoms with Crippen LogP contribution in [0.25, 0.3) is 16.3 Å². The molecule has 0 aliphatic carbocycles. The van der Waals surface area contributed by atoms with E-state index in [0.717, 1.165) is 16.7 Å². The molecule has 5 nitrogen and oxygen atoms in total. The molecule has 0 fully saturated rings.